The maximum atomic E-state index is 13.5. The van der Waals surface area contributed by atoms with Gasteiger partial charge < -0.3 is 10.1 Å². The predicted octanol–water partition coefficient (Wildman–Crippen LogP) is 4.81. The number of carbonyl (C=O) groups is 2. The average molecular weight is 478 g/mol. The van der Waals surface area contributed by atoms with Crippen molar-refractivity contribution in [1.29, 1.82) is 0 Å². The molecule has 186 valence electrons. The van der Waals surface area contributed by atoms with E-state index in [-0.39, 0.29) is 29.4 Å². The van der Waals surface area contributed by atoms with Crippen molar-refractivity contribution in [3.05, 3.63) is 16.4 Å². The maximum absolute atomic E-state index is 13.5. The Morgan fingerprint density at radius 3 is 2.61 bits per heavy atom. The van der Waals surface area contributed by atoms with E-state index in [9.17, 15) is 9.59 Å². The van der Waals surface area contributed by atoms with Crippen molar-refractivity contribution in [2.24, 2.45) is 21.7 Å². The van der Waals surface area contributed by atoms with Crippen molar-refractivity contribution in [1.82, 2.24) is 9.27 Å². The molecule has 2 heterocycles. The number of ether oxygens (including phenoxy) is 1. The number of aryl methyl sites for hydroxylation is 1. The zero-order valence-corrected chi connectivity index (χ0v) is 22.4. The van der Waals surface area contributed by atoms with E-state index in [1.54, 1.807) is 11.5 Å². The van der Waals surface area contributed by atoms with Gasteiger partial charge >= 0.3 is 0 Å². The lowest BCUT2D eigenvalue weighted by Crippen LogP contribution is -2.49. The first kappa shape index (κ1) is 26.1. The van der Waals surface area contributed by atoms with Crippen LogP contribution in [-0.2, 0) is 26.3 Å². The Morgan fingerprint density at radius 1 is 1.27 bits per heavy atom. The highest BCUT2D eigenvalue weighted by Crippen LogP contribution is 2.56. The number of aromatic nitrogens is 1. The summed E-state index contributed by atoms with van der Waals surface area (Å²) in [7, 11) is 0. The molecule has 7 heteroatoms. The molecule has 2 amide bonds. The Kier molecular flexibility index (Phi) is 7.94. The number of amides is 2. The molecule has 1 saturated heterocycles. The standard InChI is InChI=1S/C26H43N3O3S/c1-8-9-11-18-17-29(24(2,3)4)33-22(18)28-21(30)20-13-14-26(7,25(20,5)6)23(31)27-16-19-12-10-15-32-19/h17,19-20H,8-16H2,1-7H3,(H,27,31)/t19-,20-,26+/m0/s1. The minimum atomic E-state index is -0.604. The number of nitrogens with zero attached hydrogens (tertiary/aromatic N) is 2. The van der Waals surface area contributed by atoms with Gasteiger partial charge in [-0.15, -0.1) is 0 Å². The summed E-state index contributed by atoms with van der Waals surface area (Å²) in [5.41, 5.74) is 0.0230. The van der Waals surface area contributed by atoms with Gasteiger partial charge in [0.25, 0.3) is 5.91 Å². The maximum Gasteiger partial charge on any atom is 0.250 e. The second-order valence-corrected chi connectivity index (χ2v) is 12.6. The second kappa shape index (κ2) is 10.0. The lowest BCUT2D eigenvalue weighted by Gasteiger charge is -2.39. The molecule has 0 radical (unpaired) electrons. The molecule has 2 fully saturated rings. The summed E-state index contributed by atoms with van der Waals surface area (Å²) in [5.74, 6) is -0.319. The third kappa shape index (κ3) is 5.45. The van der Waals surface area contributed by atoms with Gasteiger partial charge in [0.2, 0.25) is 5.91 Å². The lowest BCUT2D eigenvalue weighted by molar-refractivity contribution is -0.138. The molecule has 1 saturated carbocycles. The quantitative estimate of drug-likeness (QED) is 0.612. The summed E-state index contributed by atoms with van der Waals surface area (Å²) in [6.07, 6.45) is 8.82. The van der Waals surface area contributed by atoms with Gasteiger partial charge in [-0.2, -0.15) is 0 Å². The monoisotopic (exact) mass is 477 g/mol. The molecule has 1 aromatic rings. The van der Waals surface area contributed by atoms with Crippen molar-refractivity contribution < 1.29 is 14.3 Å². The molecule has 1 N–H and O–H groups in total. The Labute approximate surface area is 203 Å². The highest BCUT2D eigenvalue weighted by Gasteiger charge is 2.58. The molecule has 0 bridgehead atoms. The van der Waals surface area contributed by atoms with Crippen molar-refractivity contribution in [3.8, 4) is 0 Å². The van der Waals surface area contributed by atoms with Crippen LogP contribution in [0.2, 0.25) is 0 Å². The van der Waals surface area contributed by atoms with Crippen LogP contribution in [0.15, 0.2) is 11.2 Å². The summed E-state index contributed by atoms with van der Waals surface area (Å²) < 4.78 is 8.69. The van der Waals surface area contributed by atoms with Crippen LogP contribution in [-0.4, -0.2) is 35.0 Å². The minimum absolute atomic E-state index is 0.0311. The molecule has 3 rings (SSSR count). The molecule has 1 aliphatic carbocycles. The minimum Gasteiger partial charge on any atom is -0.376 e. The van der Waals surface area contributed by atoms with Gasteiger partial charge in [-0.1, -0.05) is 34.1 Å². The van der Waals surface area contributed by atoms with Gasteiger partial charge in [0, 0.05) is 36.4 Å². The molecule has 3 atom stereocenters. The second-order valence-electron chi connectivity index (χ2n) is 11.6. The summed E-state index contributed by atoms with van der Waals surface area (Å²) in [6.45, 7) is 16.1. The summed E-state index contributed by atoms with van der Waals surface area (Å²) in [4.78, 5) is 31.4. The van der Waals surface area contributed by atoms with E-state index in [2.05, 4.69) is 62.0 Å². The van der Waals surface area contributed by atoms with Gasteiger partial charge in [0.15, 0.2) is 0 Å². The number of hydrogen-bond acceptors (Lipinski definition) is 4. The summed E-state index contributed by atoms with van der Waals surface area (Å²) in [5, 5.41) is 3.12. The van der Waals surface area contributed by atoms with E-state index < -0.39 is 10.8 Å². The Morgan fingerprint density at radius 2 is 2.00 bits per heavy atom. The highest BCUT2D eigenvalue weighted by molar-refractivity contribution is 7.04. The van der Waals surface area contributed by atoms with Gasteiger partial charge in [-0.25, -0.2) is 4.99 Å². The average Bonchev–Trinajstić information content (AvgIpc) is 3.44. The van der Waals surface area contributed by atoms with Crippen LogP contribution >= 0.6 is 11.5 Å². The Balaban J connectivity index is 1.80. The first-order valence-corrected chi connectivity index (χ1v) is 13.4. The molecule has 0 spiro atoms. The molecule has 33 heavy (non-hydrogen) atoms. The molecular weight excluding hydrogens is 434 g/mol. The zero-order valence-electron chi connectivity index (χ0n) is 21.6. The largest absolute Gasteiger partial charge is 0.376 e. The molecule has 6 nitrogen and oxygen atoms in total. The normalized spacial score (nSPS) is 27.8. The Hall–Kier alpha value is -1.47. The topological polar surface area (TPSA) is 72.7 Å². The van der Waals surface area contributed by atoms with Crippen LogP contribution < -0.4 is 9.99 Å². The predicted molar refractivity (Wildman–Crippen MR) is 133 cm³/mol. The smallest absolute Gasteiger partial charge is 0.250 e. The molecule has 0 aromatic carbocycles. The van der Waals surface area contributed by atoms with Gasteiger partial charge in [0.05, 0.1) is 11.5 Å². The van der Waals surface area contributed by atoms with E-state index in [0.717, 1.165) is 48.9 Å². The number of carbonyl (C=O) groups excluding carboxylic acids is 2. The molecule has 2 aliphatic rings. The third-order valence-electron chi connectivity index (χ3n) is 7.94. The first-order valence-electron chi connectivity index (χ1n) is 12.6. The van der Waals surface area contributed by atoms with Crippen LogP contribution in [0, 0.1) is 16.7 Å². The van der Waals surface area contributed by atoms with Crippen LogP contribution in [0.1, 0.15) is 92.6 Å². The van der Waals surface area contributed by atoms with Crippen LogP contribution in [0.4, 0.5) is 0 Å². The molecule has 0 unspecified atom stereocenters. The molecule has 1 aromatic heterocycles. The number of unbranched alkanes of at least 4 members (excludes halogenated alkanes) is 1. The van der Waals surface area contributed by atoms with E-state index in [0.29, 0.717) is 19.4 Å². The lowest BCUT2D eigenvalue weighted by atomic mass is 9.65. The highest BCUT2D eigenvalue weighted by atomic mass is 32.1. The molecular formula is C26H43N3O3S. The number of nitrogens with one attached hydrogen (secondary N) is 1. The van der Waals surface area contributed by atoms with Crippen molar-refractivity contribution >= 4 is 23.3 Å². The van der Waals surface area contributed by atoms with E-state index >= 15 is 0 Å². The summed E-state index contributed by atoms with van der Waals surface area (Å²) in [6, 6.07) is 0. The molecule has 1 aliphatic heterocycles. The fraction of sp³-hybridized carbons (Fsp3) is 0.808. The zero-order chi connectivity index (χ0) is 24.4. The van der Waals surface area contributed by atoms with Crippen LogP contribution in [0.5, 0.6) is 0 Å². The van der Waals surface area contributed by atoms with E-state index in [1.807, 2.05) is 6.92 Å². The van der Waals surface area contributed by atoms with Crippen LogP contribution in [0.25, 0.3) is 0 Å². The Bertz CT molecular complexity index is 918. The van der Waals surface area contributed by atoms with Gasteiger partial charge in [-0.3, -0.25) is 13.5 Å². The fourth-order valence-electron chi connectivity index (χ4n) is 5.06. The fourth-order valence-corrected chi connectivity index (χ4v) is 6.10. The SMILES string of the molecule is CCCCc1cn(C(C)(C)C)sc1=NC(=O)[C@@H]1CC[C@](C)(C(=O)NC[C@@H]2CCCO2)C1(C)C. The summed E-state index contributed by atoms with van der Waals surface area (Å²) >= 11 is 1.57. The van der Waals surface area contributed by atoms with Crippen molar-refractivity contribution in [2.75, 3.05) is 13.2 Å². The van der Waals surface area contributed by atoms with Crippen LogP contribution in [0.3, 0.4) is 0 Å². The van der Waals surface area contributed by atoms with Gasteiger partial charge in [0.1, 0.15) is 4.67 Å². The number of hydrogen-bond donors (Lipinski definition) is 1. The third-order valence-corrected chi connectivity index (χ3v) is 9.32. The number of rotatable bonds is 7. The van der Waals surface area contributed by atoms with Gasteiger partial charge in [-0.05, 0) is 76.2 Å². The first-order chi connectivity index (χ1) is 15.4. The van der Waals surface area contributed by atoms with Crippen molar-refractivity contribution in [2.45, 2.75) is 105 Å². The van der Waals surface area contributed by atoms with Crippen molar-refractivity contribution in [3.63, 3.8) is 0 Å². The van der Waals surface area contributed by atoms with E-state index in [4.69, 9.17) is 4.74 Å². The van der Waals surface area contributed by atoms with E-state index in [1.165, 1.54) is 0 Å².